The van der Waals surface area contributed by atoms with Gasteiger partial charge in [0.2, 0.25) is 0 Å². The Bertz CT molecular complexity index is 1150. The molecule has 0 saturated heterocycles. The first-order valence-corrected chi connectivity index (χ1v) is 11.1. The monoisotopic (exact) mass is 464 g/mol. The molecule has 0 aliphatic rings. The number of nitrogens with one attached hydrogen (secondary N) is 1. The predicted octanol–water partition coefficient (Wildman–Crippen LogP) is 6.91. The van der Waals surface area contributed by atoms with Gasteiger partial charge in [-0.05, 0) is 36.6 Å². The van der Waals surface area contributed by atoms with E-state index in [1.165, 1.54) is 11.1 Å². The Morgan fingerprint density at radius 3 is 2.03 bits per heavy atom. The number of carbonyl (C=O) groups excluding carboxylic acids is 1. The lowest BCUT2D eigenvalue weighted by Gasteiger charge is -2.18. The fourth-order valence-corrected chi connectivity index (χ4v) is 4.43. The van der Waals surface area contributed by atoms with Crippen molar-refractivity contribution < 1.29 is 9.32 Å². The zero-order chi connectivity index (χ0) is 22.5. The Balaban J connectivity index is 1.54. The van der Waals surface area contributed by atoms with E-state index in [0.29, 0.717) is 39.2 Å². The first-order valence-electron chi connectivity index (χ1n) is 10.3. The molecular weight excluding hydrogens is 443 g/mol. The smallest absolute Gasteiger partial charge is 0.257 e. The Morgan fingerprint density at radius 2 is 1.47 bits per heavy atom. The second-order valence-corrected chi connectivity index (χ2v) is 8.29. The summed E-state index contributed by atoms with van der Waals surface area (Å²) in [5.74, 6) is 0.310. The van der Waals surface area contributed by atoms with Gasteiger partial charge >= 0.3 is 0 Å². The first-order chi connectivity index (χ1) is 15.6. The Morgan fingerprint density at radius 1 is 0.906 bits per heavy atom. The van der Waals surface area contributed by atoms with Crippen LogP contribution in [0.2, 0.25) is 10.0 Å². The van der Waals surface area contributed by atoms with Crippen molar-refractivity contribution in [2.75, 3.05) is 6.54 Å². The van der Waals surface area contributed by atoms with Gasteiger partial charge in [-0.3, -0.25) is 4.79 Å². The number of aryl methyl sites for hydroxylation is 1. The molecule has 3 aromatic carbocycles. The summed E-state index contributed by atoms with van der Waals surface area (Å²) in [6, 6.07) is 25.7. The number of carbonyl (C=O) groups is 1. The quantitative estimate of drug-likeness (QED) is 0.323. The molecule has 4 aromatic rings. The van der Waals surface area contributed by atoms with Gasteiger partial charge in [-0.25, -0.2) is 0 Å². The molecule has 4 rings (SSSR count). The summed E-state index contributed by atoms with van der Waals surface area (Å²) in [6.45, 7) is 2.18. The van der Waals surface area contributed by atoms with Gasteiger partial charge in [0.05, 0.1) is 10.0 Å². The van der Waals surface area contributed by atoms with Crippen LogP contribution in [0.4, 0.5) is 0 Å². The molecule has 0 aliphatic heterocycles. The van der Waals surface area contributed by atoms with E-state index in [9.17, 15) is 4.79 Å². The van der Waals surface area contributed by atoms with E-state index in [0.717, 1.165) is 6.42 Å². The van der Waals surface area contributed by atoms with Gasteiger partial charge in [0.15, 0.2) is 0 Å². The molecule has 0 unspecified atom stereocenters. The molecule has 0 atom stereocenters. The number of hydrogen-bond donors (Lipinski definition) is 1. The molecule has 4 nitrogen and oxygen atoms in total. The highest BCUT2D eigenvalue weighted by Gasteiger charge is 2.25. The zero-order valence-electron chi connectivity index (χ0n) is 17.5. The van der Waals surface area contributed by atoms with Gasteiger partial charge in [0, 0.05) is 18.0 Å². The van der Waals surface area contributed by atoms with Gasteiger partial charge in [-0.15, -0.1) is 0 Å². The minimum Gasteiger partial charge on any atom is -0.360 e. The van der Waals surface area contributed by atoms with E-state index in [1.807, 2.05) is 36.4 Å². The summed E-state index contributed by atoms with van der Waals surface area (Å²) in [7, 11) is 0. The average molecular weight is 465 g/mol. The highest BCUT2D eigenvalue weighted by molar-refractivity contribution is 6.39. The van der Waals surface area contributed by atoms with Crippen molar-refractivity contribution in [2.24, 2.45) is 0 Å². The minimum atomic E-state index is -0.269. The lowest BCUT2D eigenvalue weighted by atomic mass is 9.88. The van der Waals surface area contributed by atoms with Crippen molar-refractivity contribution in [3.05, 3.63) is 111 Å². The zero-order valence-corrected chi connectivity index (χ0v) is 19.0. The molecule has 0 fully saturated rings. The van der Waals surface area contributed by atoms with Crippen LogP contribution in [0.1, 0.15) is 39.6 Å². The maximum Gasteiger partial charge on any atom is 0.257 e. The molecule has 1 heterocycles. The third kappa shape index (κ3) is 4.72. The van der Waals surface area contributed by atoms with E-state index < -0.39 is 0 Å². The molecule has 0 aliphatic carbocycles. The highest BCUT2D eigenvalue weighted by atomic mass is 35.5. The Labute approximate surface area is 197 Å². The summed E-state index contributed by atoms with van der Waals surface area (Å²) >= 11 is 12.7. The first kappa shape index (κ1) is 22.1. The predicted molar refractivity (Wildman–Crippen MR) is 128 cm³/mol. The average Bonchev–Trinajstić information content (AvgIpc) is 3.18. The molecule has 0 spiro atoms. The van der Waals surface area contributed by atoms with Gasteiger partial charge < -0.3 is 9.84 Å². The lowest BCUT2D eigenvalue weighted by molar-refractivity contribution is 0.0952. The van der Waals surface area contributed by atoms with E-state index >= 15 is 0 Å². The molecule has 1 aromatic heterocycles. The van der Waals surface area contributed by atoms with Crippen LogP contribution in [0.15, 0.2) is 83.4 Å². The van der Waals surface area contributed by atoms with Crippen LogP contribution in [0, 0.1) is 6.92 Å². The fourth-order valence-electron chi connectivity index (χ4n) is 3.85. The van der Waals surface area contributed by atoms with Crippen LogP contribution in [-0.4, -0.2) is 17.6 Å². The summed E-state index contributed by atoms with van der Waals surface area (Å²) in [4.78, 5) is 13.1. The van der Waals surface area contributed by atoms with Crippen LogP contribution in [0.25, 0.3) is 11.3 Å². The van der Waals surface area contributed by atoms with Crippen LogP contribution in [-0.2, 0) is 0 Å². The number of rotatable bonds is 7. The standard InChI is InChI=1S/C26H22Cl2N2O2/c1-17-23(25(30-32-17)24-21(27)13-8-14-22(24)28)26(31)29-16-15-20(18-9-4-2-5-10-18)19-11-6-3-7-12-19/h2-14,20H,15-16H2,1H3,(H,29,31). The van der Waals surface area contributed by atoms with E-state index in [2.05, 4.69) is 34.7 Å². The summed E-state index contributed by atoms with van der Waals surface area (Å²) in [5.41, 5.74) is 3.59. The number of halogens is 2. The SMILES string of the molecule is Cc1onc(-c2c(Cl)cccc2Cl)c1C(=O)NCCC(c1ccccc1)c1ccccc1. The second kappa shape index (κ2) is 10.0. The second-order valence-electron chi connectivity index (χ2n) is 7.48. The fraction of sp³-hybridized carbons (Fsp3) is 0.154. The highest BCUT2D eigenvalue weighted by Crippen LogP contribution is 2.36. The van der Waals surface area contributed by atoms with Crippen molar-refractivity contribution in [2.45, 2.75) is 19.3 Å². The van der Waals surface area contributed by atoms with Gasteiger partial charge in [-0.2, -0.15) is 0 Å². The largest absolute Gasteiger partial charge is 0.360 e. The molecule has 1 N–H and O–H groups in total. The van der Waals surface area contributed by atoms with Crippen LogP contribution in [0.5, 0.6) is 0 Å². The van der Waals surface area contributed by atoms with E-state index in [-0.39, 0.29) is 11.8 Å². The lowest BCUT2D eigenvalue weighted by Crippen LogP contribution is -2.26. The number of amides is 1. The molecule has 0 radical (unpaired) electrons. The van der Waals surface area contributed by atoms with Crippen molar-refractivity contribution >= 4 is 29.1 Å². The molecule has 1 amide bonds. The molecule has 6 heteroatoms. The van der Waals surface area contributed by atoms with Gasteiger partial charge in [-0.1, -0.05) is 95.1 Å². The third-order valence-corrected chi connectivity index (χ3v) is 6.04. The number of nitrogens with zero attached hydrogens (tertiary/aromatic N) is 1. The van der Waals surface area contributed by atoms with Crippen molar-refractivity contribution in [3.8, 4) is 11.3 Å². The Hall–Kier alpha value is -3.08. The molecule has 32 heavy (non-hydrogen) atoms. The van der Waals surface area contributed by atoms with Crippen LogP contribution in [0.3, 0.4) is 0 Å². The molecular formula is C26H22Cl2N2O2. The van der Waals surface area contributed by atoms with Crippen LogP contribution >= 0.6 is 23.2 Å². The van der Waals surface area contributed by atoms with Crippen molar-refractivity contribution in [1.29, 1.82) is 0 Å². The summed E-state index contributed by atoms with van der Waals surface area (Å²) in [6.07, 6.45) is 0.742. The van der Waals surface area contributed by atoms with Crippen molar-refractivity contribution in [3.63, 3.8) is 0 Å². The Kier molecular flexibility index (Phi) is 6.93. The van der Waals surface area contributed by atoms with E-state index in [1.54, 1.807) is 25.1 Å². The minimum absolute atomic E-state index is 0.166. The van der Waals surface area contributed by atoms with Gasteiger partial charge in [0.1, 0.15) is 17.0 Å². The number of benzene rings is 3. The van der Waals surface area contributed by atoms with Crippen LogP contribution < -0.4 is 5.32 Å². The van der Waals surface area contributed by atoms with E-state index in [4.69, 9.17) is 27.7 Å². The molecule has 0 saturated carbocycles. The summed E-state index contributed by atoms with van der Waals surface area (Å²) < 4.78 is 5.32. The number of hydrogen-bond acceptors (Lipinski definition) is 3. The number of aromatic nitrogens is 1. The summed E-state index contributed by atoms with van der Waals surface area (Å²) in [5, 5.41) is 7.90. The van der Waals surface area contributed by atoms with Gasteiger partial charge in [0.25, 0.3) is 5.91 Å². The molecule has 162 valence electrons. The molecule has 0 bridgehead atoms. The topological polar surface area (TPSA) is 55.1 Å². The third-order valence-electron chi connectivity index (χ3n) is 5.41. The normalized spacial score (nSPS) is 11.0. The van der Waals surface area contributed by atoms with Crippen molar-refractivity contribution in [1.82, 2.24) is 10.5 Å². The maximum atomic E-state index is 13.1. The maximum absolute atomic E-state index is 13.1.